The van der Waals surface area contributed by atoms with Crippen LogP contribution in [0.25, 0.3) is 0 Å². The Bertz CT molecular complexity index is 891. The summed E-state index contributed by atoms with van der Waals surface area (Å²) in [6.07, 6.45) is 2.82. The predicted molar refractivity (Wildman–Crippen MR) is 107 cm³/mol. The van der Waals surface area contributed by atoms with Gasteiger partial charge in [-0.15, -0.1) is 0 Å². The molecule has 2 heterocycles. The van der Waals surface area contributed by atoms with Gasteiger partial charge in [0.15, 0.2) is 0 Å². The Kier molecular flexibility index (Phi) is 5.95. The molecule has 0 radical (unpaired) electrons. The number of halogens is 2. The van der Waals surface area contributed by atoms with E-state index in [9.17, 15) is 9.59 Å². The van der Waals surface area contributed by atoms with E-state index in [-0.39, 0.29) is 23.9 Å². The summed E-state index contributed by atoms with van der Waals surface area (Å²) >= 11 is 12.2. The number of nitrogens with zero attached hydrogens (tertiary/aromatic N) is 4. The minimum atomic E-state index is -0.548. The SMILES string of the molecule is CC(C)(C)n1ncnc1CNC(=O)[C@H]1CCCN1C(=O)c1cc(Cl)ccc1Cl. The number of hydrogen-bond donors (Lipinski definition) is 1. The normalized spacial score (nSPS) is 17.0. The first-order valence-corrected chi connectivity index (χ1v) is 9.87. The van der Waals surface area contributed by atoms with Crippen molar-refractivity contribution in [1.29, 1.82) is 0 Å². The monoisotopic (exact) mass is 423 g/mol. The summed E-state index contributed by atoms with van der Waals surface area (Å²) in [5.41, 5.74) is 0.0660. The molecule has 28 heavy (non-hydrogen) atoms. The molecule has 1 fully saturated rings. The van der Waals surface area contributed by atoms with Crippen LogP contribution in [0.15, 0.2) is 24.5 Å². The van der Waals surface area contributed by atoms with Crippen LogP contribution in [0.1, 0.15) is 49.8 Å². The molecule has 0 aliphatic carbocycles. The van der Waals surface area contributed by atoms with Crippen LogP contribution >= 0.6 is 23.2 Å². The average Bonchev–Trinajstić information content (AvgIpc) is 3.30. The Morgan fingerprint density at radius 1 is 1.29 bits per heavy atom. The molecule has 1 aliphatic rings. The van der Waals surface area contributed by atoms with Crippen molar-refractivity contribution in [3.05, 3.63) is 46.0 Å². The van der Waals surface area contributed by atoms with Gasteiger partial charge in [0.2, 0.25) is 5.91 Å². The fourth-order valence-electron chi connectivity index (χ4n) is 3.33. The molecular formula is C19H23Cl2N5O2. The molecule has 1 atom stereocenters. The largest absolute Gasteiger partial charge is 0.347 e. The highest BCUT2D eigenvalue weighted by Gasteiger charge is 2.35. The summed E-state index contributed by atoms with van der Waals surface area (Å²) in [5, 5.41) is 7.86. The van der Waals surface area contributed by atoms with Gasteiger partial charge < -0.3 is 10.2 Å². The molecule has 1 aliphatic heterocycles. The highest BCUT2D eigenvalue weighted by atomic mass is 35.5. The maximum Gasteiger partial charge on any atom is 0.256 e. The standard InChI is InChI=1S/C19H23Cl2N5O2/c1-19(2,3)26-16(23-11-24-26)10-22-17(27)15-5-4-8-25(15)18(28)13-9-12(20)6-7-14(13)21/h6-7,9,11,15H,4-5,8,10H2,1-3H3,(H,22,27)/t15-/m1/s1. The van der Waals surface area contributed by atoms with Crippen LogP contribution in [0.2, 0.25) is 10.0 Å². The Morgan fingerprint density at radius 3 is 2.75 bits per heavy atom. The molecule has 7 nitrogen and oxygen atoms in total. The van der Waals surface area contributed by atoms with Gasteiger partial charge >= 0.3 is 0 Å². The van der Waals surface area contributed by atoms with Gasteiger partial charge in [-0.25, -0.2) is 9.67 Å². The highest BCUT2D eigenvalue weighted by molar-refractivity contribution is 6.35. The Balaban J connectivity index is 1.71. The number of aromatic nitrogens is 3. The van der Waals surface area contributed by atoms with Crippen molar-refractivity contribution in [1.82, 2.24) is 25.0 Å². The van der Waals surface area contributed by atoms with Gasteiger partial charge in [0, 0.05) is 11.6 Å². The van der Waals surface area contributed by atoms with Crippen molar-refractivity contribution in [3.8, 4) is 0 Å². The summed E-state index contributed by atoms with van der Waals surface area (Å²) in [6, 6.07) is 4.20. The second-order valence-electron chi connectivity index (χ2n) is 7.76. The number of rotatable bonds is 4. The Hall–Kier alpha value is -2.12. The molecule has 1 N–H and O–H groups in total. The number of benzene rings is 1. The van der Waals surface area contributed by atoms with E-state index in [2.05, 4.69) is 15.4 Å². The number of carbonyl (C=O) groups excluding carboxylic acids is 2. The second kappa shape index (κ2) is 8.09. The molecule has 3 rings (SSSR count). The summed E-state index contributed by atoms with van der Waals surface area (Å²) in [6.45, 7) is 6.78. The fraction of sp³-hybridized carbons (Fsp3) is 0.474. The molecule has 1 aromatic heterocycles. The first-order valence-electron chi connectivity index (χ1n) is 9.11. The number of carbonyl (C=O) groups is 2. The highest BCUT2D eigenvalue weighted by Crippen LogP contribution is 2.26. The van der Waals surface area contributed by atoms with E-state index >= 15 is 0 Å². The van der Waals surface area contributed by atoms with Crippen molar-refractivity contribution >= 4 is 35.0 Å². The number of amides is 2. The Morgan fingerprint density at radius 2 is 2.04 bits per heavy atom. The minimum Gasteiger partial charge on any atom is -0.347 e. The number of likely N-dealkylation sites (tertiary alicyclic amines) is 1. The van der Waals surface area contributed by atoms with Gasteiger partial charge in [-0.05, 0) is 51.8 Å². The van der Waals surface area contributed by atoms with Gasteiger partial charge in [-0.1, -0.05) is 23.2 Å². The predicted octanol–water partition coefficient (Wildman–Crippen LogP) is 3.26. The van der Waals surface area contributed by atoms with Crippen molar-refractivity contribution < 1.29 is 9.59 Å². The maximum absolute atomic E-state index is 12.9. The van der Waals surface area contributed by atoms with Gasteiger partial charge in [-0.3, -0.25) is 9.59 Å². The summed E-state index contributed by atoms with van der Waals surface area (Å²) in [7, 11) is 0. The molecule has 0 saturated carbocycles. The minimum absolute atomic E-state index is 0.215. The van der Waals surface area contributed by atoms with Crippen molar-refractivity contribution in [2.75, 3.05) is 6.54 Å². The third-order valence-corrected chi connectivity index (χ3v) is 5.21. The van der Waals surface area contributed by atoms with Gasteiger partial charge in [0.25, 0.3) is 5.91 Å². The van der Waals surface area contributed by atoms with Crippen LogP contribution in [-0.4, -0.2) is 44.1 Å². The van der Waals surface area contributed by atoms with Crippen molar-refractivity contribution in [2.45, 2.75) is 51.7 Å². The van der Waals surface area contributed by atoms with Crippen LogP contribution in [-0.2, 0) is 16.9 Å². The van der Waals surface area contributed by atoms with Crippen LogP contribution < -0.4 is 5.32 Å². The van der Waals surface area contributed by atoms with Gasteiger partial charge in [0.1, 0.15) is 18.2 Å². The second-order valence-corrected chi connectivity index (χ2v) is 8.60. The third-order valence-electron chi connectivity index (χ3n) is 4.65. The van der Waals surface area contributed by atoms with Crippen LogP contribution in [0, 0.1) is 0 Å². The van der Waals surface area contributed by atoms with E-state index in [0.29, 0.717) is 34.4 Å². The van der Waals surface area contributed by atoms with Gasteiger partial charge in [-0.2, -0.15) is 5.10 Å². The first kappa shape index (κ1) is 20.6. The lowest BCUT2D eigenvalue weighted by molar-refractivity contribution is -0.125. The van der Waals surface area contributed by atoms with E-state index < -0.39 is 6.04 Å². The van der Waals surface area contributed by atoms with Crippen molar-refractivity contribution in [3.63, 3.8) is 0 Å². The van der Waals surface area contributed by atoms with E-state index in [1.54, 1.807) is 21.7 Å². The molecule has 1 saturated heterocycles. The van der Waals surface area contributed by atoms with Crippen LogP contribution in [0.4, 0.5) is 0 Å². The van der Waals surface area contributed by atoms with E-state index in [4.69, 9.17) is 23.2 Å². The summed E-state index contributed by atoms with van der Waals surface area (Å²) < 4.78 is 1.77. The summed E-state index contributed by atoms with van der Waals surface area (Å²) in [5.74, 6) is 0.157. The number of hydrogen-bond acceptors (Lipinski definition) is 4. The zero-order valence-corrected chi connectivity index (χ0v) is 17.6. The molecule has 2 aromatic rings. The van der Waals surface area contributed by atoms with Gasteiger partial charge in [0.05, 0.1) is 22.7 Å². The molecule has 150 valence electrons. The molecular weight excluding hydrogens is 401 g/mol. The van der Waals surface area contributed by atoms with E-state index in [1.165, 1.54) is 12.4 Å². The van der Waals surface area contributed by atoms with Crippen molar-refractivity contribution in [2.24, 2.45) is 0 Å². The zero-order chi connectivity index (χ0) is 20.5. The molecule has 2 amide bonds. The molecule has 0 bridgehead atoms. The Labute approximate surface area is 174 Å². The first-order chi connectivity index (χ1) is 13.2. The number of nitrogens with one attached hydrogen (secondary N) is 1. The maximum atomic E-state index is 12.9. The zero-order valence-electron chi connectivity index (χ0n) is 16.1. The van der Waals surface area contributed by atoms with E-state index in [1.807, 2.05) is 20.8 Å². The molecule has 0 spiro atoms. The summed E-state index contributed by atoms with van der Waals surface area (Å²) in [4.78, 5) is 31.5. The molecule has 9 heteroatoms. The third kappa shape index (κ3) is 4.31. The average molecular weight is 424 g/mol. The molecule has 1 aromatic carbocycles. The van der Waals surface area contributed by atoms with Crippen LogP contribution in [0.5, 0.6) is 0 Å². The smallest absolute Gasteiger partial charge is 0.256 e. The van der Waals surface area contributed by atoms with Crippen LogP contribution in [0.3, 0.4) is 0 Å². The lowest BCUT2D eigenvalue weighted by Gasteiger charge is -2.25. The molecule has 0 unspecified atom stereocenters. The van der Waals surface area contributed by atoms with E-state index in [0.717, 1.165) is 6.42 Å². The fourth-order valence-corrected chi connectivity index (χ4v) is 3.70. The lowest BCUT2D eigenvalue weighted by atomic mass is 10.1. The lowest BCUT2D eigenvalue weighted by Crippen LogP contribution is -2.46. The topological polar surface area (TPSA) is 80.1 Å². The quantitative estimate of drug-likeness (QED) is 0.817.